The van der Waals surface area contributed by atoms with Crippen LogP contribution in [0.5, 0.6) is 0 Å². The van der Waals surface area contributed by atoms with Crippen LogP contribution in [0.1, 0.15) is 39.3 Å². The number of carbonyl (C=O) groups is 4. The number of H-pyrrole nitrogens is 1. The van der Waals surface area contributed by atoms with E-state index in [0.29, 0.717) is 25.1 Å². The van der Waals surface area contributed by atoms with Crippen LogP contribution in [0.25, 0.3) is 0 Å². The Hall–Kier alpha value is -3.11. The highest BCUT2D eigenvalue weighted by Crippen LogP contribution is 2.20. The van der Waals surface area contributed by atoms with Crippen LogP contribution < -0.4 is 21.3 Å². The first-order valence-electron chi connectivity index (χ1n) is 10.2. The molecule has 11 nitrogen and oxygen atoms in total. The van der Waals surface area contributed by atoms with Crippen molar-refractivity contribution in [2.45, 2.75) is 70.2 Å². The fraction of sp³-hybridized carbons (Fsp3) is 0.632. The van der Waals surface area contributed by atoms with E-state index in [1.807, 2.05) is 13.8 Å². The summed E-state index contributed by atoms with van der Waals surface area (Å²) >= 11 is 0. The van der Waals surface area contributed by atoms with Gasteiger partial charge in [-0.1, -0.05) is 0 Å². The standard InChI is InChI=1S/C19H29N7O4/c1-10(2)22-16(27)14-5-4-6-26(14)18(29)13(7-12-8-20-9-21-12)24-17(28)15-11(3)23-19(30)25-15/h8-11,13-15H,4-7H2,1-3H3,(H,20,21)(H,22,27)(H,24,28)(H2,23,25,30)/t11?,13-,14-,15?/m0/s1. The molecule has 5 amide bonds. The van der Waals surface area contributed by atoms with Gasteiger partial charge in [-0.05, 0) is 33.6 Å². The van der Waals surface area contributed by atoms with Gasteiger partial charge >= 0.3 is 6.03 Å². The molecule has 3 rings (SSSR count). The Balaban J connectivity index is 1.75. The van der Waals surface area contributed by atoms with Gasteiger partial charge in [0.1, 0.15) is 18.1 Å². The van der Waals surface area contributed by atoms with E-state index in [1.54, 1.807) is 13.1 Å². The number of aromatic amines is 1. The van der Waals surface area contributed by atoms with Gasteiger partial charge in [0, 0.05) is 30.9 Å². The van der Waals surface area contributed by atoms with Crippen molar-refractivity contribution in [1.29, 1.82) is 0 Å². The minimum atomic E-state index is -0.893. The van der Waals surface area contributed by atoms with Crippen molar-refractivity contribution in [3.05, 3.63) is 18.2 Å². The Kier molecular flexibility index (Phi) is 6.58. The van der Waals surface area contributed by atoms with E-state index >= 15 is 0 Å². The fourth-order valence-electron chi connectivity index (χ4n) is 3.85. The smallest absolute Gasteiger partial charge is 0.315 e. The predicted molar refractivity (Wildman–Crippen MR) is 107 cm³/mol. The van der Waals surface area contributed by atoms with Gasteiger partial charge in [0.05, 0.1) is 12.4 Å². The van der Waals surface area contributed by atoms with Crippen molar-refractivity contribution in [3.63, 3.8) is 0 Å². The zero-order chi connectivity index (χ0) is 21.8. The highest BCUT2D eigenvalue weighted by molar-refractivity contribution is 5.96. The summed E-state index contributed by atoms with van der Waals surface area (Å²) < 4.78 is 0. The molecule has 2 aliphatic heterocycles. The number of nitrogens with one attached hydrogen (secondary N) is 5. The number of hydrogen-bond acceptors (Lipinski definition) is 5. The van der Waals surface area contributed by atoms with Gasteiger partial charge < -0.3 is 31.2 Å². The second-order valence-corrected chi connectivity index (χ2v) is 8.08. The SMILES string of the molecule is CC(C)NC(=O)[C@@H]1CCCN1C(=O)[C@H](Cc1cnc[nH]1)NC(=O)C1NC(=O)NC1C. The van der Waals surface area contributed by atoms with Crippen LogP contribution in [0.4, 0.5) is 4.79 Å². The molecule has 0 spiro atoms. The first kappa shape index (κ1) is 21.6. The highest BCUT2D eigenvalue weighted by Gasteiger charge is 2.40. The Labute approximate surface area is 174 Å². The topological polar surface area (TPSA) is 148 Å². The van der Waals surface area contributed by atoms with E-state index in [-0.39, 0.29) is 24.3 Å². The molecule has 0 bridgehead atoms. The van der Waals surface area contributed by atoms with Crippen molar-refractivity contribution < 1.29 is 19.2 Å². The zero-order valence-electron chi connectivity index (χ0n) is 17.4. The van der Waals surface area contributed by atoms with Crippen molar-refractivity contribution in [3.8, 4) is 0 Å². The number of nitrogens with zero attached hydrogens (tertiary/aromatic N) is 2. The summed E-state index contributed by atoms with van der Waals surface area (Å²) in [6.45, 7) is 5.89. The average molecular weight is 419 g/mol. The van der Waals surface area contributed by atoms with Crippen LogP contribution in [0.2, 0.25) is 0 Å². The van der Waals surface area contributed by atoms with Gasteiger partial charge in [-0.3, -0.25) is 14.4 Å². The largest absolute Gasteiger partial charge is 0.352 e. The molecule has 1 aromatic heterocycles. The van der Waals surface area contributed by atoms with Gasteiger partial charge in [0.15, 0.2) is 0 Å². The van der Waals surface area contributed by atoms with Gasteiger partial charge in [0.25, 0.3) is 0 Å². The molecule has 2 aliphatic rings. The molecule has 0 aromatic carbocycles. The van der Waals surface area contributed by atoms with Gasteiger partial charge in [-0.15, -0.1) is 0 Å². The summed E-state index contributed by atoms with van der Waals surface area (Å²) in [5.74, 6) is -0.978. The maximum absolute atomic E-state index is 13.4. The van der Waals surface area contributed by atoms with Crippen molar-refractivity contribution in [2.24, 2.45) is 0 Å². The normalized spacial score (nSPS) is 24.3. The summed E-state index contributed by atoms with van der Waals surface area (Å²) in [5.41, 5.74) is 0.678. The van der Waals surface area contributed by atoms with Gasteiger partial charge in [-0.25, -0.2) is 9.78 Å². The zero-order valence-corrected chi connectivity index (χ0v) is 17.4. The summed E-state index contributed by atoms with van der Waals surface area (Å²) in [6.07, 6.45) is 4.57. The number of rotatable bonds is 7. The van der Waals surface area contributed by atoms with E-state index in [2.05, 4.69) is 31.2 Å². The molecule has 4 atom stereocenters. The van der Waals surface area contributed by atoms with Gasteiger partial charge in [-0.2, -0.15) is 0 Å². The summed E-state index contributed by atoms with van der Waals surface area (Å²) in [4.78, 5) is 58.7. The minimum Gasteiger partial charge on any atom is -0.352 e. The number of amides is 5. The molecule has 3 heterocycles. The van der Waals surface area contributed by atoms with E-state index in [0.717, 1.165) is 0 Å². The van der Waals surface area contributed by atoms with Crippen molar-refractivity contribution in [1.82, 2.24) is 36.1 Å². The summed E-state index contributed by atoms with van der Waals surface area (Å²) in [7, 11) is 0. The molecule has 30 heavy (non-hydrogen) atoms. The number of carbonyl (C=O) groups excluding carboxylic acids is 4. The second kappa shape index (κ2) is 9.14. The van der Waals surface area contributed by atoms with Crippen molar-refractivity contribution in [2.75, 3.05) is 6.54 Å². The molecule has 0 radical (unpaired) electrons. The van der Waals surface area contributed by atoms with Crippen LogP contribution in [0, 0.1) is 0 Å². The van der Waals surface area contributed by atoms with Gasteiger partial charge in [0.2, 0.25) is 17.7 Å². The molecule has 0 aliphatic carbocycles. The Morgan fingerprint density at radius 2 is 2.00 bits per heavy atom. The third-order valence-corrected chi connectivity index (χ3v) is 5.29. The molecule has 5 N–H and O–H groups in total. The van der Waals surface area contributed by atoms with E-state index in [1.165, 1.54) is 11.2 Å². The van der Waals surface area contributed by atoms with Crippen LogP contribution in [0.15, 0.2) is 12.5 Å². The maximum Gasteiger partial charge on any atom is 0.315 e. The Morgan fingerprint density at radius 1 is 1.23 bits per heavy atom. The second-order valence-electron chi connectivity index (χ2n) is 8.08. The molecule has 164 valence electrons. The van der Waals surface area contributed by atoms with E-state index < -0.39 is 36.1 Å². The quantitative estimate of drug-likeness (QED) is 0.385. The number of urea groups is 1. The van der Waals surface area contributed by atoms with Crippen LogP contribution in [-0.2, 0) is 20.8 Å². The Morgan fingerprint density at radius 3 is 2.60 bits per heavy atom. The third kappa shape index (κ3) is 4.89. The molecule has 11 heteroatoms. The lowest BCUT2D eigenvalue weighted by Gasteiger charge is -2.29. The first-order valence-corrected chi connectivity index (χ1v) is 10.2. The maximum atomic E-state index is 13.4. The lowest BCUT2D eigenvalue weighted by molar-refractivity contribution is -0.141. The monoisotopic (exact) mass is 419 g/mol. The van der Waals surface area contributed by atoms with E-state index in [9.17, 15) is 19.2 Å². The number of imidazole rings is 1. The van der Waals surface area contributed by atoms with Crippen LogP contribution in [-0.4, -0.2) is 75.4 Å². The fourth-order valence-corrected chi connectivity index (χ4v) is 3.85. The molecular formula is C19H29N7O4. The summed E-state index contributed by atoms with van der Waals surface area (Å²) in [5, 5.41) is 10.8. The lowest BCUT2D eigenvalue weighted by Crippen LogP contribution is -2.57. The molecule has 2 unspecified atom stereocenters. The van der Waals surface area contributed by atoms with Crippen LogP contribution >= 0.6 is 0 Å². The molecule has 1 aromatic rings. The lowest BCUT2D eigenvalue weighted by atomic mass is 10.1. The Bertz CT molecular complexity index is 795. The molecule has 2 fully saturated rings. The molecule has 0 saturated carbocycles. The average Bonchev–Trinajstić information content (AvgIpc) is 3.40. The molecular weight excluding hydrogens is 390 g/mol. The number of likely N-dealkylation sites (tertiary alicyclic amines) is 1. The summed E-state index contributed by atoms with van der Waals surface area (Å²) in [6, 6.07) is -3.10. The molecule has 2 saturated heterocycles. The number of hydrogen-bond donors (Lipinski definition) is 5. The van der Waals surface area contributed by atoms with Crippen molar-refractivity contribution >= 4 is 23.8 Å². The van der Waals surface area contributed by atoms with Crippen LogP contribution in [0.3, 0.4) is 0 Å². The predicted octanol–water partition coefficient (Wildman–Crippen LogP) is -0.977. The first-order chi connectivity index (χ1) is 14.3. The number of aromatic nitrogens is 2. The van der Waals surface area contributed by atoms with E-state index in [4.69, 9.17) is 0 Å². The third-order valence-electron chi connectivity index (χ3n) is 5.29. The highest BCUT2D eigenvalue weighted by atomic mass is 16.2. The minimum absolute atomic E-state index is 0.0319.